The van der Waals surface area contributed by atoms with Crippen LogP contribution >= 0.6 is 0 Å². The first kappa shape index (κ1) is 17.3. The van der Waals surface area contributed by atoms with Crippen molar-refractivity contribution in [1.82, 2.24) is 0 Å². The zero-order chi connectivity index (χ0) is 18.7. The molecule has 0 N–H and O–H groups in total. The highest BCUT2D eigenvalue weighted by atomic mass is 32.2. The number of sulfone groups is 1. The van der Waals surface area contributed by atoms with E-state index < -0.39 is 9.84 Å². The van der Waals surface area contributed by atoms with Gasteiger partial charge in [0.15, 0.2) is 0 Å². The first-order valence-corrected chi connectivity index (χ1v) is 10.2. The van der Waals surface area contributed by atoms with E-state index >= 15 is 0 Å². The zero-order valence-electron chi connectivity index (χ0n) is 14.6. The van der Waals surface area contributed by atoms with Crippen LogP contribution in [0.5, 0.6) is 0 Å². The molecule has 2 nitrogen and oxygen atoms in total. The molecular weight excluding hydrogens is 352 g/mol. The van der Waals surface area contributed by atoms with Gasteiger partial charge in [-0.3, -0.25) is 0 Å². The standard InChI is InChI=1S/C24H18O2S/c25-27(26,22-17-15-20(16-18-22)19-9-3-1-4-10-19)24-14-8-7-13-23(24)21-11-5-2-6-12-21/h1-18H. The summed E-state index contributed by atoms with van der Waals surface area (Å²) in [6, 6.07) is 33.7. The van der Waals surface area contributed by atoms with Gasteiger partial charge in [0.25, 0.3) is 0 Å². The van der Waals surface area contributed by atoms with Gasteiger partial charge in [-0.1, -0.05) is 91.0 Å². The van der Waals surface area contributed by atoms with Crippen LogP contribution in [-0.4, -0.2) is 8.42 Å². The summed E-state index contributed by atoms with van der Waals surface area (Å²) in [5.41, 5.74) is 3.65. The van der Waals surface area contributed by atoms with Crippen molar-refractivity contribution < 1.29 is 8.42 Å². The molecule has 0 bridgehead atoms. The van der Waals surface area contributed by atoms with Crippen LogP contribution in [-0.2, 0) is 9.84 Å². The maximum atomic E-state index is 13.3. The molecule has 0 unspecified atom stereocenters. The fourth-order valence-electron chi connectivity index (χ4n) is 3.14. The summed E-state index contributed by atoms with van der Waals surface area (Å²) in [7, 11) is -3.62. The van der Waals surface area contributed by atoms with E-state index in [0.29, 0.717) is 15.4 Å². The lowest BCUT2D eigenvalue weighted by atomic mass is 10.1. The normalized spacial score (nSPS) is 11.3. The van der Waals surface area contributed by atoms with E-state index in [1.807, 2.05) is 84.9 Å². The summed E-state index contributed by atoms with van der Waals surface area (Å²) in [4.78, 5) is 0.620. The van der Waals surface area contributed by atoms with Gasteiger partial charge in [0.05, 0.1) is 9.79 Å². The molecule has 0 aliphatic rings. The van der Waals surface area contributed by atoms with Crippen LogP contribution in [0, 0.1) is 0 Å². The van der Waals surface area contributed by atoms with Crippen LogP contribution in [0.1, 0.15) is 0 Å². The maximum absolute atomic E-state index is 13.3. The predicted molar refractivity (Wildman–Crippen MR) is 109 cm³/mol. The van der Waals surface area contributed by atoms with E-state index in [9.17, 15) is 8.42 Å². The molecule has 0 aliphatic carbocycles. The Balaban J connectivity index is 1.77. The molecule has 0 aromatic heterocycles. The molecule has 0 saturated carbocycles. The lowest BCUT2D eigenvalue weighted by molar-refractivity contribution is 0.596. The summed E-state index contributed by atoms with van der Waals surface area (Å²) in [5.74, 6) is 0. The number of hydrogen-bond acceptors (Lipinski definition) is 2. The third kappa shape index (κ3) is 3.42. The molecule has 0 atom stereocenters. The molecular formula is C24H18O2S. The van der Waals surface area contributed by atoms with Crippen LogP contribution in [0.25, 0.3) is 22.3 Å². The number of rotatable bonds is 4. The highest BCUT2D eigenvalue weighted by Crippen LogP contribution is 2.32. The predicted octanol–water partition coefficient (Wildman–Crippen LogP) is 5.85. The van der Waals surface area contributed by atoms with Crippen molar-refractivity contribution in [3.05, 3.63) is 109 Å². The Morgan fingerprint density at radius 3 is 1.56 bits per heavy atom. The summed E-state index contributed by atoms with van der Waals surface area (Å²) in [5, 5.41) is 0. The maximum Gasteiger partial charge on any atom is 0.207 e. The summed E-state index contributed by atoms with van der Waals surface area (Å²) < 4.78 is 26.6. The van der Waals surface area contributed by atoms with Gasteiger partial charge in [-0.15, -0.1) is 0 Å². The molecule has 4 aromatic rings. The molecule has 0 saturated heterocycles. The average molecular weight is 370 g/mol. The highest BCUT2D eigenvalue weighted by Gasteiger charge is 2.21. The molecule has 0 heterocycles. The lowest BCUT2D eigenvalue weighted by Crippen LogP contribution is -2.04. The van der Waals surface area contributed by atoms with Gasteiger partial charge in [0.2, 0.25) is 9.84 Å². The Morgan fingerprint density at radius 2 is 0.926 bits per heavy atom. The molecule has 0 fully saturated rings. The Kier molecular flexibility index (Phi) is 4.61. The first-order chi connectivity index (χ1) is 13.2. The smallest absolute Gasteiger partial charge is 0.207 e. The van der Waals surface area contributed by atoms with E-state index in [1.54, 1.807) is 24.3 Å². The summed E-state index contributed by atoms with van der Waals surface area (Å²) in [6.45, 7) is 0. The molecule has 0 aliphatic heterocycles. The Bertz CT molecular complexity index is 1150. The fraction of sp³-hybridized carbons (Fsp3) is 0. The van der Waals surface area contributed by atoms with Crippen molar-refractivity contribution in [1.29, 1.82) is 0 Å². The molecule has 132 valence electrons. The van der Waals surface area contributed by atoms with E-state index in [4.69, 9.17) is 0 Å². The van der Waals surface area contributed by atoms with Crippen molar-refractivity contribution in [2.24, 2.45) is 0 Å². The minimum absolute atomic E-state index is 0.297. The van der Waals surface area contributed by atoms with Crippen LogP contribution in [0.4, 0.5) is 0 Å². The Hall–Kier alpha value is -3.17. The Morgan fingerprint density at radius 1 is 0.444 bits per heavy atom. The molecule has 0 spiro atoms. The van der Waals surface area contributed by atoms with E-state index in [-0.39, 0.29) is 0 Å². The average Bonchev–Trinajstić information content (AvgIpc) is 2.75. The van der Waals surface area contributed by atoms with E-state index in [0.717, 1.165) is 16.7 Å². The van der Waals surface area contributed by atoms with Gasteiger partial charge in [-0.2, -0.15) is 0 Å². The van der Waals surface area contributed by atoms with Crippen LogP contribution in [0.15, 0.2) is 119 Å². The first-order valence-electron chi connectivity index (χ1n) is 8.71. The SMILES string of the molecule is O=S(=O)(c1ccc(-c2ccccc2)cc1)c1ccccc1-c1ccccc1. The van der Waals surface area contributed by atoms with Gasteiger partial charge < -0.3 is 0 Å². The van der Waals surface area contributed by atoms with Gasteiger partial charge in [-0.05, 0) is 34.9 Å². The van der Waals surface area contributed by atoms with Gasteiger partial charge in [0.1, 0.15) is 0 Å². The van der Waals surface area contributed by atoms with Crippen molar-refractivity contribution in [2.45, 2.75) is 9.79 Å². The fourth-order valence-corrected chi connectivity index (χ4v) is 4.62. The van der Waals surface area contributed by atoms with Crippen molar-refractivity contribution in [3.8, 4) is 22.3 Å². The lowest BCUT2D eigenvalue weighted by Gasteiger charge is -2.11. The minimum atomic E-state index is -3.62. The third-order valence-electron chi connectivity index (χ3n) is 4.53. The van der Waals surface area contributed by atoms with Crippen molar-refractivity contribution in [3.63, 3.8) is 0 Å². The minimum Gasteiger partial charge on any atom is -0.218 e. The summed E-state index contributed by atoms with van der Waals surface area (Å²) in [6.07, 6.45) is 0. The number of hydrogen-bond donors (Lipinski definition) is 0. The topological polar surface area (TPSA) is 34.1 Å². The molecule has 4 aromatic carbocycles. The van der Waals surface area contributed by atoms with Gasteiger partial charge in [-0.25, -0.2) is 8.42 Å². The quantitative estimate of drug-likeness (QED) is 0.451. The van der Waals surface area contributed by atoms with Gasteiger partial charge in [0, 0.05) is 5.56 Å². The monoisotopic (exact) mass is 370 g/mol. The second kappa shape index (κ2) is 7.22. The molecule has 0 radical (unpaired) electrons. The highest BCUT2D eigenvalue weighted by molar-refractivity contribution is 7.91. The Labute approximate surface area is 159 Å². The van der Waals surface area contributed by atoms with Crippen LogP contribution in [0.3, 0.4) is 0 Å². The largest absolute Gasteiger partial charge is 0.218 e. The molecule has 4 rings (SSSR count). The molecule has 3 heteroatoms. The third-order valence-corrected chi connectivity index (χ3v) is 6.36. The number of benzene rings is 4. The zero-order valence-corrected chi connectivity index (χ0v) is 15.4. The van der Waals surface area contributed by atoms with Crippen molar-refractivity contribution in [2.75, 3.05) is 0 Å². The molecule has 27 heavy (non-hydrogen) atoms. The van der Waals surface area contributed by atoms with Crippen LogP contribution in [0.2, 0.25) is 0 Å². The van der Waals surface area contributed by atoms with Gasteiger partial charge >= 0.3 is 0 Å². The molecule has 0 amide bonds. The summed E-state index contributed by atoms with van der Waals surface area (Å²) >= 11 is 0. The van der Waals surface area contributed by atoms with Crippen molar-refractivity contribution >= 4 is 9.84 Å². The van der Waals surface area contributed by atoms with E-state index in [1.165, 1.54) is 0 Å². The van der Waals surface area contributed by atoms with Crippen LogP contribution < -0.4 is 0 Å². The second-order valence-corrected chi connectivity index (χ2v) is 8.17. The van der Waals surface area contributed by atoms with E-state index in [2.05, 4.69) is 0 Å². The second-order valence-electron chi connectivity index (χ2n) is 6.26.